The molecule has 3 aromatic rings. The Labute approximate surface area is 117 Å². The molecule has 0 amide bonds. The summed E-state index contributed by atoms with van der Waals surface area (Å²) in [7, 11) is 0. The number of hydrogen-bond donors (Lipinski definition) is 1. The van der Waals surface area contributed by atoms with Crippen molar-refractivity contribution in [3.8, 4) is 0 Å². The van der Waals surface area contributed by atoms with Crippen molar-refractivity contribution in [2.45, 2.75) is 19.4 Å². The first kappa shape index (κ1) is 12.8. The van der Waals surface area contributed by atoms with Gasteiger partial charge >= 0.3 is 0 Å². The summed E-state index contributed by atoms with van der Waals surface area (Å²) < 4.78 is 5.80. The monoisotopic (exact) mass is 267 g/mol. The predicted octanol–water partition coefficient (Wildman–Crippen LogP) is 3.12. The van der Waals surface area contributed by atoms with Gasteiger partial charge in [-0.2, -0.15) is 0 Å². The third kappa shape index (κ3) is 2.70. The van der Waals surface area contributed by atoms with Gasteiger partial charge in [0.05, 0.1) is 0 Å². The van der Waals surface area contributed by atoms with E-state index in [0.29, 0.717) is 0 Å². The van der Waals surface area contributed by atoms with E-state index in [1.54, 1.807) is 0 Å². The molecular formula is C16H17N3O. The Balaban J connectivity index is 1.86. The average molecular weight is 267 g/mol. The van der Waals surface area contributed by atoms with Gasteiger partial charge in [-0.1, -0.05) is 19.1 Å². The van der Waals surface area contributed by atoms with Crippen LogP contribution in [0.1, 0.15) is 24.4 Å². The molecule has 4 heteroatoms. The number of hydrogen-bond acceptors (Lipinski definition) is 4. The van der Waals surface area contributed by atoms with Crippen LogP contribution >= 0.6 is 0 Å². The lowest BCUT2D eigenvalue weighted by Gasteiger charge is -2.16. The fourth-order valence-electron chi connectivity index (χ4n) is 2.33. The third-order valence-corrected chi connectivity index (χ3v) is 3.28. The van der Waals surface area contributed by atoms with Crippen LogP contribution in [0.4, 0.5) is 0 Å². The fraction of sp³-hybridized carbons (Fsp3) is 0.250. The van der Waals surface area contributed by atoms with Gasteiger partial charge in [0.1, 0.15) is 5.52 Å². The molecule has 1 aromatic carbocycles. The fourth-order valence-corrected chi connectivity index (χ4v) is 2.33. The van der Waals surface area contributed by atoms with E-state index in [-0.39, 0.29) is 6.04 Å². The maximum Gasteiger partial charge on any atom is 0.197 e. The molecule has 0 saturated carbocycles. The van der Waals surface area contributed by atoms with Gasteiger partial charge in [-0.15, -0.1) is 0 Å². The molecule has 3 rings (SSSR count). The van der Waals surface area contributed by atoms with Gasteiger partial charge < -0.3 is 9.73 Å². The van der Waals surface area contributed by atoms with Crippen LogP contribution in [0.25, 0.3) is 11.1 Å². The van der Waals surface area contributed by atoms with Gasteiger partial charge in [-0.05, 0) is 36.4 Å². The Morgan fingerprint density at radius 3 is 2.70 bits per heavy atom. The van der Waals surface area contributed by atoms with Crippen molar-refractivity contribution < 1.29 is 4.42 Å². The number of rotatable bonds is 5. The Morgan fingerprint density at radius 2 is 1.95 bits per heavy atom. The van der Waals surface area contributed by atoms with E-state index < -0.39 is 0 Å². The lowest BCUT2D eigenvalue weighted by atomic mass is 10.1. The lowest BCUT2D eigenvalue weighted by molar-refractivity contribution is 0.460. The second kappa shape index (κ2) is 5.84. The van der Waals surface area contributed by atoms with Crippen molar-refractivity contribution in [2.24, 2.45) is 0 Å². The van der Waals surface area contributed by atoms with Crippen molar-refractivity contribution >= 4 is 11.1 Å². The summed E-state index contributed by atoms with van der Waals surface area (Å²) in [4.78, 5) is 8.60. The van der Waals surface area contributed by atoms with Crippen molar-refractivity contribution in [2.75, 3.05) is 6.54 Å². The largest absolute Gasteiger partial charge is 0.441 e. The van der Waals surface area contributed by atoms with Crippen LogP contribution in [0.5, 0.6) is 0 Å². The summed E-state index contributed by atoms with van der Waals surface area (Å²) >= 11 is 0. The smallest absolute Gasteiger partial charge is 0.197 e. The standard InChI is InChI=1S/C16H17N3O/c1-2-18-14(12-7-9-17-10-8-12)11-16-19-13-5-3-4-6-15(13)20-16/h3-10,14,18H,2,11H2,1H3. The third-order valence-electron chi connectivity index (χ3n) is 3.28. The van der Waals surface area contributed by atoms with E-state index in [4.69, 9.17) is 4.42 Å². The first-order valence-electron chi connectivity index (χ1n) is 6.84. The molecule has 0 saturated heterocycles. The zero-order valence-corrected chi connectivity index (χ0v) is 11.4. The summed E-state index contributed by atoms with van der Waals surface area (Å²) in [5, 5.41) is 3.46. The molecule has 0 radical (unpaired) electrons. The van der Waals surface area contributed by atoms with Gasteiger partial charge in [0.25, 0.3) is 0 Å². The summed E-state index contributed by atoms with van der Waals surface area (Å²) in [6.07, 6.45) is 4.35. The zero-order valence-electron chi connectivity index (χ0n) is 11.4. The minimum absolute atomic E-state index is 0.191. The molecule has 2 aromatic heterocycles. The molecule has 20 heavy (non-hydrogen) atoms. The molecule has 1 unspecified atom stereocenters. The van der Waals surface area contributed by atoms with E-state index in [1.165, 1.54) is 5.56 Å². The normalized spacial score (nSPS) is 12.7. The first-order chi connectivity index (χ1) is 9.86. The van der Waals surface area contributed by atoms with Crippen LogP contribution in [0.15, 0.2) is 53.2 Å². The predicted molar refractivity (Wildman–Crippen MR) is 78.4 cm³/mol. The van der Waals surface area contributed by atoms with Crippen LogP contribution in [0, 0.1) is 0 Å². The van der Waals surface area contributed by atoms with Crippen molar-refractivity contribution in [1.82, 2.24) is 15.3 Å². The Kier molecular flexibility index (Phi) is 3.74. The molecule has 0 fully saturated rings. The highest BCUT2D eigenvalue weighted by Crippen LogP contribution is 2.21. The van der Waals surface area contributed by atoms with Gasteiger partial charge in [-0.3, -0.25) is 4.98 Å². The number of likely N-dealkylation sites (N-methyl/N-ethyl adjacent to an activating group) is 1. The quantitative estimate of drug-likeness (QED) is 0.771. The van der Waals surface area contributed by atoms with Crippen molar-refractivity contribution in [3.63, 3.8) is 0 Å². The molecule has 102 valence electrons. The number of fused-ring (bicyclic) bond motifs is 1. The molecule has 1 atom stereocenters. The number of nitrogens with one attached hydrogen (secondary N) is 1. The minimum atomic E-state index is 0.191. The van der Waals surface area contributed by atoms with Crippen LogP contribution < -0.4 is 5.32 Å². The molecule has 0 aliphatic rings. The highest BCUT2D eigenvalue weighted by atomic mass is 16.3. The first-order valence-corrected chi connectivity index (χ1v) is 6.84. The molecule has 4 nitrogen and oxygen atoms in total. The molecule has 2 heterocycles. The van der Waals surface area contributed by atoms with Gasteiger partial charge in [0, 0.05) is 24.9 Å². The van der Waals surface area contributed by atoms with E-state index >= 15 is 0 Å². The second-order valence-corrected chi connectivity index (χ2v) is 4.67. The van der Waals surface area contributed by atoms with Crippen LogP contribution in [-0.4, -0.2) is 16.5 Å². The van der Waals surface area contributed by atoms with Crippen LogP contribution in [-0.2, 0) is 6.42 Å². The number of aromatic nitrogens is 2. The highest BCUT2D eigenvalue weighted by molar-refractivity contribution is 5.72. The topological polar surface area (TPSA) is 51.0 Å². The number of oxazole rings is 1. The SMILES string of the molecule is CCNC(Cc1nc2ccccc2o1)c1ccncc1. The van der Waals surface area contributed by atoms with Gasteiger partial charge in [0.2, 0.25) is 0 Å². The van der Waals surface area contributed by atoms with Crippen molar-refractivity contribution in [1.29, 1.82) is 0 Å². The minimum Gasteiger partial charge on any atom is -0.441 e. The van der Waals surface area contributed by atoms with Crippen LogP contribution in [0.3, 0.4) is 0 Å². The van der Waals surface area contributed by atoms with Gasteiger partial charge in [-0.25, -0.2) is 4.98 Å². The molecule has 0 aliphatic carbocycles. The summed E-state index contributed by atoms with van der Waals surface area (Å²) in [5.74, 6) is 0.758. The Bertz CT molecular complexity index is 645. The van der Waals surface area contributed by atoms with Gasteiger partial charge in [0.15, 0.2) is 11.5 Å². The Morgan fingerprint density at radius 1 is 1.15 bits per heavy atom. The van der Waals surface area contributed by atoms with Crippen molar-refractivity contribution in [3.05, 3.63) is 60.2 Å². The second-order valence-electron chi connectivity index (χ2n) is 4.67. The van der Waals surface area contributed by atoms with E-state index in [1.807, 2.05) is 48.8 Å². The molecule has 0 aliphatic heterocycles. The molecule has 0 spiro atoms. The number of pyridine rings is 1. The number of para-hydroxylation sites is 2. The summed E-state index contributed by atoms with van der Waals surface area (Å²) in [6.45, 7) is 2.99. The van der Waals surface area contributed by atoms with Crippen LogP contribution in [0.2, 0.25) is 0 Å². The molecule has 1 N–H and O–H groups in total. The Hall–Kier alpha value is -2.20. The maximum absolute atomic E-state index is 5.80. The maximum atomic E-state index is 5.80. The molecule has 0 bridgehead atoms. The number of nitrogens with zero attached hydrogens (tertiary/aromatic N) is 2. The summed E-state index contributed by atoms with van der Waals surface area (Å²) in [5.41, 5.74) is 2.95. The lowest BCUT2D eigenvalue weighted by Crippen LogP contribution is -2.23. The zero-order chi connectivity index (χ0) is 13.8. The van der Waals surface area contributed by atoms with E-state index in [2.05, 4.69) is 22.2 Å². The van der Waals surface area contributed by atoms with E-state index in [0.717, 1.165) is 30.0 Å². The highest BCUT2D eigenvalue weighted by Gasteiger charge is 2.15. The summed E-state index contributed by atoms with van der Waals surface area (Å²) in [6, 6.07) is 12.1. The average Bonchev–Trinajstić information content (AvgIpc) is 2.90. The number of benzene rings is 1. The van der Waals surface area contributed by atoms with E-state index in [9.17, 15) is 0 Å². The molecular weight excluding hydrogens is 250 g/mol.